The van der Waals surface area contributed by atoms with E-state index in [0.29, 0.717) is 0 Å². The second-order valence-corrected chi connectivity index (χ2v) is 7.24. The van der Waals surface area contributed by atoms with Crippen LogP contribution in [0.4, 0.5) is 0 Å². The van der Waals surface area contributed by atoms with Crippen LogP contribution in [0.5, 0.6) is 0 Å². The van der Waals surface area contributed by atoms with E-state index in [1.54, 1.807) is 22.7 Å². The van der Waals surface area contributed by atoms with Crippen molar-refractivity contribution < 1.29 is 0 Å². The summed E-state index contributed by atoms with van der Waals surface area (Å²) < 4.78 is 2.54. The molecular weight excluding hydrogens is 352 g/mol. The van der Waals surface area contributed by atoms with E-state index in [9.17, 15) is 0 Å². The highest BCUT2D eigenvalue weighted by Crippen LogP contribution is 2.22. The number of hydrogen-bond donors (Lipinski definition) is 0. The van der Waals surface area contributed by atoms with Crippen molar-refractivity contribution in [2.75, 3.05) is 0 Å². The van der Waals surface area contributed by atoms with Crippen molar-refractivity contribution in [1.29, 1.82) is 0 Å². The van der Waals surface area contributed by atoms with Gasteiger partial charge < -0.3 is 0 Å². The number of hydrogen-bond acceptors (Lipinski definition) is 2. The second kappa shape index (κ2) is 7.66. The lowest BCUT2D eigenvalue weighted by atomic mass is 10.2. The van der Waals surface area contributed by atoms with Crippen LogP contribution < -0.4 is 0 Å². The first-order valence-corrected chi connectivity index (χ1v) is 9.61. The topological polar surface area (TPSA) is 0 Å². The Bertz CT molecular complexity index is 1240. The zero-order valence-corrected chi connectivity index (χ0v) is 15.2. The summed E-state index contributed by atoms with van der Waals surface area (Å²) in [6.07, 6.45) is 0. The minimum atomic E-state index is 0.960. The van der Waals surface area contributed by atoms with Crippen LogP contribution in [0.3, 0.4) is 0 Å². The molecule has 0 aliphatic carbocycles. The van der Waals surface area contributed by atoms with E-state index in [1.165, 1.54) is 20.2 Å². The number of rotatable bonds is 0. The SMILES string of the molecule is C(C#CC#Cc1ccc2sccc2c1)#CC#Cc1ccc2sccc2c1. The monoisotopic (exact) mass is 362 g/mol. The van der Waals surface area contributed by atoms with Gasteiger partial charge >= 0.3 is 0 Å². The van der Waals surface area contributed by atoms with Crippen molar-refractivity contribution in [3.8, 4) is 47.4 Å². The Kier molecular flexibility index (Phi) is 4.74. The molecule has 0 unspecified atom stereocenters. The molecule has 118 valence electrons. The maximum absolute atomic E-state index is 3.04. The minimum Gasteiger partial charge on any atom is -0.144 e. The smallest absolute Gasteiger partial charge is 0.0343 e. The average molecular weight is 362 g/mol. The van der Waals surface area contributed by atoms with E-state index in [-0.39, 0.29) is 0 Å². The molecule has 26 heavy (non-hydrogen) atoms. The summed E-state index contributed by atoms with van der Waals surface area (Å²) >= 11 is 3.46. The minimum absolute atomic E-state index is 0.960. The molecule has 0 nitrogen and oxygen atoms in total. The molecule has 0 saturated heterocycles. The van der Waals surface area contributed by atoms with Crippen molar-refractivity contribution in [2.24, 2.45) is 0 Å². The molecule has 0 radical (unpaired) electrons. The molecule has 2 heteroatoms. The Morgan fingerprint density at radius 3 is 1.46 bits per heavy atom. The summed E-state index contributed by atoms with van der Waals surface area (Å²) in [6, 6.07) is 16.5. The molecular formula is C24H10S2. The fraction of sp³-hybridized carbons (Fsp3) is 0. The summed E-state index contributed by atoms with van der Waals surface area (Å²) in [5.41, 5.74) is 1.92. The van der Waals surface area contributed by atoms with Crippen molar-refractivity contribution in [3.05, 3.63) is 70.4 Å². The molecule has 4 aromatic rings. The Balaban J connectivity index is 1.41. The van der Waals surface area contributed by atoms with Crippen molar-refractivity contribution in [2.45, 2.75) is 0 Å². The molecule has 0 aliphatic heterocycles. The summed E-state index contributed by atoms with van der Waals surface area (Å²) in [7, 11) is 0. The third-order valence-corrected chi connectivity index (χ3v) is 5.43. The van der Waals surface area contributed by atoms with Gasteiger partial charge in [-0.2, -0.15) is 0 Å². The highest BCUT2D eigenvalue weighted by Gasteiger charge is 1.95. The van der Waals surface area contributed by atoms with Crippen molar-refractivity contribution in [1.82, 2.24) is 0 Å². The van der Waals surface area contributed by atoms with Gasteiger partial charge in [-0.25, -0.2) is 0 Å². The second-order valence-electron chi connectivity index (χ2n) is 5.35. The van der Waals surface area contributed by atoms with Crippen LogP contribution in [-0.4, -0.2) is 0 Å². The van der Waals surface area contributed by atoms with Crippen LogP contribution in [-0.2, 0) is 0 Å². The van der Waals surface area contributed by atoms with Gasteiger partial charge in [-0.15, -0.1) is 22.7 Å². The van der Waals surface area contributed by atoms with E-state index in [0.717, 1.165) is 11.1 Å². The standard InChI is InChI=1S/C24H10S2/c1(3-5-7-19-9-11-23-21(17-19)13-15-25-23)2-4-6-8-20-10-12-24-22(18-20)14-16-26-24/h9-18H. The predicted molar refractivity (Wildman–Crippen MR) is 113 cm³/mol. The van der Waals surface area contributed by atoms with E-state index in [1.807, 2.05) is 12.1 Å². The molecule has 0 spiro atoms. The number of thiophene rings is 2. The average Bonchev–Trinajstić information content (AvgIpc) is 3.31. The molecule has 2 heterocycles. The third-order valence-electron chi connectivity index (χ3n) is 3.63. The van der Waals surface area contributed by atoms with Crippen LogP contribution >= 0.6 is 22.7 Å². The lowest BCUT2D eigenvalue weighted by molar-refractivity contribution is 1.75. The molecule has 4 rings (SSSR count). The molecule has 0 amide bonds. The maximum Gasteiger partial charge on any atom is 0.0343 e. The molecule has 0 N–H and O–H groups in total. The first kappa shape index (κ1) is 16.1. The van der Waals surface area contributed by atoms with Gasteiger partial charge in [0.1, 0.15) is 0 Å². The Morgan fingerprint density at radius 1 is 0.500 bits per heavy atom. The van der Waals surface area contributed by atoms with E-state index >= 15 is 0 Å². The zero-order valence-electron chi connectivity index (χ0n) is 13.6. The third kappa shape index (κ3) is 3.81. The quantitative estimate of drug-likeness (QED) is 0.361. The largest absolute Gasteiger partial charge is 0.144 e. The zero-order chi connectivity index (χ0) is 17.6. The Labute approximate surface area is 160 Å². The number of benzene rings is 2. The Morgan fingerprint density at radius 2 is 0.962 bits per heavy atom. The van der Waals surface area contributed by atoms with E-state index in [2.05, 4.69) is 94.5 Å². The molecule has 2 aromatic carbocycles. The highest BCUT2D eigenvalue weighted by atomic mass is 32.1. The molecule has 0 atom stereocenters. The van der Waals surface area contributed by atoms with E-state index in [4.69, 9.17) is 0 Å². The van der Waals surface area contributed by atoms with Crippen LogP contribution in [0.1, 0.15) is 11.1 Å². The first-order chi connectivity index (χ1) is 12.9. The van der Waals surface area contributed by atoms with Gasteiger partial charge in [-0.1, -0.05) is 11.8 Å². The normalized spacial score (nSPS) is 9.08. The summed E-state index contributed by atoms with van der Waals surface area (Å²) in [4.78, 5) is 0. The molecule has 0 aliphatic rings. The lowest BCUT2D eigenvalue weighted by Gasteiger charge is -1.90. The van der Waals surface area contributed by atoms with Gasteiger partial charge in [0, 0.05) is 20.5 Å². The molecule has 2 aromatic heterocycles. The van der Waals surface area contributed by atoms with Gasteiger partial charge in [0.2, 0.25) is 0 Å². The Hall–Kier alpha value is -3.40. The van der Waals surface area contributed by atoms with Crippen LogP contribution in [0.15, 0.2) is 59.3 Å². The van der Waals surface area contributed by atoms with Gasteiger partial charge in [-0.3, -0.25) is 0 Å². The van der Waals surface area contributed by atoms with Gasteiger partial charge in [0.25, 0.3) is 0 Å². The van der Waals surface area contributed by atoms with Crippen LogP contribution in [0.25, 0.3) is 20.2 Å². The van der Waals surface area contributed by atoms with Crippen molar-refractivity contribution in [3.63, 3.8) is 0 Å². The van der Waals surface area contributed by atoms with Gasteiger partial charge in [-0.05, 0) is 106 Å². The van der Waals surface area contributed by atoms with Crippen LogP contribution in [0.2, 0.25) is 0 Å². The number of fused-ring (bicyclic) bond motifs is 2. The lowest BCUT2D eigenvalue weighted by Crippen LogP contribution is -1.72. The summed E-state index contributed by atoms with van der Waals surface area (Å²) in [6.45, 7) is 0. The maximum atomic E-state index is 3.04. The highest BCUT2D eigenvalue weighted by molar-refractivity contribution is 7.17. The summed E-state index contributed by atoms with van der Waals surface area (Å²) in [5.74, 6) is 22.7. The van der Waals surface area contributed by atoms with E-state index < -0.39 is 0 Å². The molecule has 0 fully saturated rings. The predicted octanol–water partition coefficient (Wildman–Crippen LogP) is 5.53. The first-order valence-electron chi connectivity index (χ1n) is 7.85. The van der Waals surface area contributed by atoms with Crippen LogP contribution in [0, 0.1) is 47.4 Å². The molecule has 0 saturated carbocycles. The summed E-state index contributed by atoms with van der Waals surface area (Å²) in [5, 5.41) is 6.59. The van der Waals surface area contributed by atoms with Gasteiger partial charge in [0.15, 0.2) is 0 Å². The molecule has 0 bridgehead atoms. The van der Waals surface area contributed by atoms with Crippen molar-refractivity contribution >= 4 is 42.8 Å². The van der Waals surface area contributed by atoms with Gasteiger partial charge in [0.05, 0.1) is 0 Å². The fourth-order valence-corrected chi connectivity index (χ4v) is 3.96. The fourth-order valence-electron chi connectivity index (χ4n) is 2.42.